The summed E-state index contributed by atoms with van der Waals surface area (Å²) in [5.41, 5.74) is 4.19. The third-order valence-electron chi connectivity index (χ3n) is 4.20. The fourth-order valence-corrected chi connectivity index (χ4v) is 2.84. The zero-order valence-electron chi connectivity index (χ0n) is 13.8. The monoisotopic (exact) mass is 311 g/mol. The van der Waals surface area contributed by atoms with Gasteiger partial charge in [0.1, 0.15) is 0 Å². The first-order valence-corrected chi connectivity index (χ1v) is 7.86. The van der Waals surface area contributed by atoms with Gasteiger partial charge in [0.05, 0.1) is 13.2 Å². The first-order valence-electron chi connectivity index (χ1n) is 7.86. The van der Waals surface area contributed by atoms with E-state index in [1.165, 1.54) is 5.56 Å². The van der Waals surface area contributed by atoms with E-state index in [4.69, 9.17) is 9.47 Å². The summed E-state index contributed by atoms with van der Waals surface area (Å²) < 4.78 is 11.4. The number of carbonyl (C=O) groups excluding carboxylic acids is 1. The number of nitrogens with zero attached hydrogens (tertiary/aromatic N) is 1. The molecular weight excluding hydrogens is 290 g/mol. The number of benzene rings is 2. The molecule has 0 fully saturated rings. The molecule has 0 N–H and O–H groups in total. The molecule has 0 unspecified atom stereocenters. The SMILES string of the molecule is CCOc1cccc2c1OCC(=O)N(c1cccc(C)c1C)C2. The van der Waals surface area contributed by atoms with Gasteiger partial charge < -0.3 is 14.4 Å². The molecule has 3 rings (SSSR count). The number of aryl methyl sites for hydroxylation is 1. The summed E-state index contributed by atoms with van der Waals surface area (Å²) in [6.07, 6.45) is 0. The van der Waals surface area contributed by atoms with Crippen LogP contribution in [0.1, 0.15) is 23.6 Å². The van der Waals surface area contributed by atoms with E-state index in [-0.39, 0.29) is 12.5 Å². The quantitative estimate of drug-likeness (QED) is 0.869. The van der Waals surface area contributed by atoms with Crippen LogP contribution in [0.25, 0.3) is 0 Å². The van der Waals surface area contributed by atoms with Crippen molar-refractivity contribution in [2.24, 2.45) is 0 Å². The number of carbonyl (C=O) groups is 1. The highest BCUT2D eigenvalue weighted by Gasteiger charge is 2.26. The topological polar surface area (TPSA) is 38.8 Å². The van der Waals surface area contributed by atoms with Crippen LogP contribution >= 0.6 is 0 Å². The lowest BCUT2D eigenvalue weighted by atomic mass is 10.1. The Morgan fingerprint density at radius 3 is 2.74 bits per heavy atom. The highest BCUT2D eigenvalue weighted by molar-refractivity contribution is 5.96. The van der Waals surface area contributed by atoms with Crippen molar-refractivity contribution in [3.63, 3.8) is 0 Å². The molecule has 0 atom stereocenters. The predicted molar refractivity (Wildman–Crippen MR) is 90.2 cm³/mol. The zero-order valence-corrected chi connectivity index (χ0v) is 13.8. The fourth-order valence-electron chi connectivity index (χ4n) is 2.84. The van der Waals surface area contributed by atoms with E-state index in [2.05, 4.69) is 13.0 Å². The van der Waals surface area contributed by atoms with Crippen LogP contribution in [0.2, 0.25) is 0 Å². The van der Waals surface area contributed by atoms with Gasteiger partial charge in [0, 0.05) is 11.3 Å². The Bertz CT molecular complexity index is 739. The molecular formula is C19H21NO3. The summed E-state index contributed by atoms with van der Waals surface area (Å²) in [5.74, 6) is 1.33. The molecule has 0 aromatic heterocycles. The van der Waals surface area contributed by atoms with Crippen molar-refractivity contribution in [3.05, 3.63) is 53.1 Å². The molecule has 23 heavy (non-hydrogen) atoms. The predicted octanol–water partition coefficient (Wildman–Crippen LogP) is 3.63. The molecule has 1 aliphatic heterocycles. The number of anilines is 1. The molecule has 0 aliphatic carbocycles. The molecule has 2 aromatic carbocycles. The number of para-hydroxylation sites is 1. The molecule has 4 nitrogen and oxygen atoms in total. The van der Waals surface area contributed by atoms with E-state index in [1.54, 1.807) is 4.90 Å². The van der Waals surface area contributed by atoms with Gasteiger partial charge in [-0.25, -0.2) is 0 Å². The summed E-state index contributed by atoms with van der Waals surface area (Å²) in [6, 6.07) is 11.8. The van der Waals surface area contributed by atoms with Gasteiger partial charge in [0.25, 0.3) is 5.91 Å². The van der Waals surface area contributed by atoms with Gasteiger partial charge >= 0.3 is 0 Å². The van der Waals surface area contributed by atoms with Crippen molar-refractivity contribution >= 4 is 11.6 Å². The maximum atomic E-state index is 12.6. The Balaban J connectivity index is 2.02. The van der Waals surface area contributed by atoms with Crippen LogP contribution in [0.15, 0.2) is 36.4 Å². The second-order valence-corrected chi connectivity index (χ2v) is 5.67. The summed E-state index contributed by atoms with van der Waals surface area (Å²) in [6.45, 7) is 7.10. The van der Waals surface area contributed by atoms with Crippen molar-refractivity contribution in [1.82, 2.24) is 0 Å². The number of hydrogen-bond acceptors (Lipinski definition) is 3. The second-order valence-electron chi connectivity index (χ2n) is 5.67. The Hall–Kier alpha value is -2.49. The van der Waals surface area contributed by atoms with E-state index >= 15 is 0 Å². The maximum Gasteiger partial charge on any atom is 0.265 e. The third-order valence-corrected chi connectivity index (χ3v) is 4.20. The van der Waals surface area contributed by atoms with Gasteiger partial charge in [0.2, 0.25) is 0 Å². The van der Waals surface area contributed by atoms with Gasteiger partial charge in [0.15, 0.2) is 18.1 Å². The van der Waals surface area contributed by atoms with Gasteiger partial charge in [-0.1, -0.05) is 24.3 Å². The molecule has 120 valence electrons. The fraction of sp³-hybridized carbons (Fsp3) is 0.316. The minimum Gasteiger partial charge on any atom is -0.490 e. The lowest BCUT2D eigenvalue weighted by Crippen LogP contribution is -2.32. The third kappa shape index (κ3) is 2.89. The molecule has 0 bridgehead atoms. The summed E-state index contributed by atoms with van der Waals surface area (Å²) >= 11 is 0. The lowest BCUT2D eigenvalue weighted by Gasteiger charge is -2.23. The Morgan fingerprint density at radius 1 is 1.17 bits per heavy atom. The van der Waals surface area contributed by atoms with E-state index in [9.17, 15) is 4.79 Å². The van der Waals surface area contributed by atoms with Crippen molar-refractivity contribution < 1.29 is 14.3 Å². The lowest BCUT2D eigenvalue weighted by molar-refractivity contribution is -0.120. The van der Waals surface area contributed by atoms with Crippen LogP contribution in [-0.2, 0) is 11.3 Å². The van der Waals surface area contributed by atoms with Crippen molar-refractivity contribution in [1.29, 1.82) is 0 Å². The van der Waals surface area contributed by atoms with Crippen LogP contribution in [0.3, 0.4) is 0 Å². The standard InChI is InChI=1S/C19H21NO3/c1-4-22-17-10-6-8-15-11-20(18(21)12-23-19(15)17)16-9-5-7-13(2)14(16)3/h5-10H,4,11-12H2,1-3H3. The number of amides is 1. The molecule has 4 heteroatoms. The number of ether oxygens (including phenoxy) is 2. The van der Waals surface area contributed by atoms with Crippen LogP contribution in [0.4, 0.5) is 5.69 Å². The molecule has 0 saturated heterocycles. The molecule has 0 saturated carbocycles. The minimum atomic E-state index is -0.0441. The van der Waals surface area contributed by atoms with E-state index in [0.29, 0.717) is 24.7 Å². The minimum absolute atomic E-state index is 0.0183. The van der Waals surface area contributed by atoms with Crippen LogP contribution in [-0.4, -0.2) is 19.1 Å². The number of rotatable bonds is 3. The molecule has 0 spiro atoms. The number of hydrogen-bond donors (Lipinski definition) is 0. The molecule has 0 radical (unpaired) electrons. The van der Waals surface area contributed by atoms with E-state index < -0.39 is 0 Å². The average molecular weight is 311 g/mol. The molecule has 2 aromatic rings. The van der Waals surface area contributed by atoms with Crippen molar-refractivity contribution in [3.8, 4) is 11.5 Å². The average Bonchev–Trinajstić information content (AvgIpc) is 2.71. The van der Waals surface area contributed by atoms with Gasteiger partial charge in [-0.3, -0.25) is 4.79 Å². The normalized spacial score (nSPS) is 14.0. The first-order chi connectivity index (χ1) is 11.1. The Kier molecular flexibility index (Phi) is 4.24. The van der Waals surface area contributed by atoms with Crippen LogP contribution in [0, 0.1) is 13.8 Å². The largest absolute Gasteiger partial charge is 0.490 e. The Labute approximate surface area is 136 Å². The van der Waals surface area contributed by atoms with E-state index in [0.717, 1.165) is 16.8 Å². The van der Waals surface area contributed by atoms with Crippen LogP contribution in [0.5, 0.6) is 11.5 Å². The summed E-state index contributed by atoms with van der Waals surface area (Å²) in [7, 11) is 0. The summed E-state index contributed by atoms with van der Waals surface area (Å²) in [4.78, 5) is 14.4. The van der Waals surface area contributed by atoms with Crippen molar-refractivity contribution in [2.75, 3.05) is 18.1 Å². The Morgan fingerprint density at radius 2 is 1.96 bits per heavy atom. The van der Waals surface area contributed by atoms with Gasteiger partial charge in [-0.2, -0.15) is 0 Å². The smallest absolute Gasteiger partial charge is 0.265 e. The maximum absolute atomic E-state index is 12.6. The highest BCUT2D eigenvalue weighted by Crippen LogP contribution is 2.36. The molecule has 1 amide bonds. The first kappa shape index (κ1) is 15.4. The molecule has 1 heterocycles. The van der Waals surface area contributed by atoms with E-state index in [1.807, 2.05) is 44.2 Å². The highest BCUT2D eigenvalue weighted by atomic mass is 16.5. The summed E-state index contributed by atoms with van der Waals surface area (Å²) in [5, 5.41) is 0. The number of fused-ring (bicyclic) bond motifs is 1. The molecule has 1 aliphatic rings. The van der Waals surface area contributed by atoms with Gasteiger partial charge in [-0.05, 0) is 44.0 Å². The zero-order chi connectivity index (χ0) is 16.4. The van der Waals surface area contributed by atoms with Crippen molar-refractivity contribution in [2.45, 2.75) is 27.3 Å². The second kappa shape index (κ2) is 6.32. The van der Waals surface area contributed by atoms with Crippen LogP contribution < -0.4 is 14.4 Å². The van der Waals surface area contributed by atoms with Gasteiger partial charge in [-0.15, -0.1) is 0 Å².